The summed E-state index contributed by atoms with van der Waals surface area (Å²) in [6.45, 7) is 0.443. The third-order valence-electron chi connectivity index (χ3n) is 5.94. The van der Waals surface area contributed by atoms with Crippen molar-refractivity contribution in [2.75, 3.05) is 6.54 Å². The van der Waals surface area contributed by atoms with E-state index in [1.165, 1.54) is 16.3 Å². The van der Waals surface area contributed by atoms with Gasteiger partial charge >= 0.3 is 0 Å². The van der Waals surface area contributed by atoms with Crippen molar-refractivity contribution in [3.05, 3.63) is 64.5 Å². The maximum atomic E-state index is 13.4. The zero-order valence-corrected chi connectivity index (χ0v) is 18.0. The van der Waals surface area contributed by atoms with E-state index in [-0.39, 0.29) is 0 Å². The minimum absolute atomic E-state index is 0.323. The van der Waals surface area contributed by atoms with Gasteiger partial charge in [0.05, 0.1) is 4.90 Å². The quantitative estimate of drug-likeness (QED) is 0.579. The van der Waals surface area contributed by atoms with Crippen molar-refractivity contribution < 1.29 is 12.9 Å². The molecule has 3 aromatic rings. The Labute approximate surface area is 180 Å². The summed E-state index contributed by atoms with van der Waals surface area (Å²) in [5.41, 5.74) is 3.15. The number of benzene rings is 2. The molecular weight excluding hydrogens is 422 g/mol. The van der Waals surface area contributed by atoms with Crippen LogP contribution in [0.15, 0.2) is 51.9 Å². The fourth-order valence-electron chi connectivity index (χ4n) is 4.40. The van der Waals surface area contributed by atoms with Crippen molar-refractivity contribution in [3.8, 4) is 11.4 Å². The SMILES string of the molecule is O=S(=O)(c1ccc2c(c1)CCCC2)N1CCCC1c1nc(-c2cccc(Cl)c2)no1. The number of aryl methyl sites for hydroxylation is 2. The van der Waals surface area contributed by atoms with Crippen LogP contribution in [-0.2, 0) is 22.9 Å². The zero-order valence-electron chi connectivity index (χ0n) is 16.4. The van der Waals surface area contributed by atoms with Crippen LogP contribution in [0.2, 0.25) is 5.02 Å². The number of halogens is 1. The predicted octanol–water partition coefficient (Wildman–Crippen LogP) is 4.79. The molecule has 0 radical (unpaired) electrons. The number of hydrogen-bond donors (Lipinski definition) is 0. The van der Waals surface area contributed by atoms with Crippen molar-refractivity contribution in [3.63, 3.8) is 0 Å². The summed E-state index contributed by atoms with van der Waals surface area (Å²) in [5, 5.41) is 4.63. The molecule has 0 N–H and O–H groups in total. The second-order valence-electron chi connectivity index (χ2n) is 7.88. The molecule has 0 saturated carbocycles. The maximum Gasteiger partial charge on any atom is 0.245 e. The van der Waals surface area contributed by atoms with E-state index in [0.717, 1.165) is 36.8 Å². The predicted molar refractivity (Wildman–Crippen MR) is 114 cm³/mol. The Bertz CT molecular complexity index is 1190. The Kier molecular flexibility index (Phi) is 5.13. The van der Waals surface area contributed by atoms with E-state index in [2.05, 4.69) is 10.1 Å². The summed E-state index contributed by atoms with van der Waals surface area (Å²) in [4.78, 5) is 4.84. The van der Waals surface area contributed by atoms with E-state index in [0.29, 0.717) is 34.6 Å². The lowest BCUT2D eigenvalue weighted by Crippen LogP contribution is -2.31. The highest BCUT2D eigenvalue weighted by atomic mass is 35.5. The number of rotatable bonds is 4. The summed E-state index contributed by atoms with van der Waals surface area (Å²) in [6.07, 6.45) is 5.65. The normalized spacial score (nSPS) is 19.7. The van der Waals surface area contributed by atoms with Gasteiger partial charge in [-0.25, -0.2) is 8.42 Å². The van der Waals surface area contributed by atoms with E-state index >= 15 is 0 Å². The molecule has 6 nitrogen and oxygen atoms in total. The highest BCUT2D eigenvalue weighted by Gasteiger charge is 2.39. The Morgan fingerprint density at radius 2 is 1.87 bits per heavy atom. The van der Waals surface area contributed by atoms with Gasteiger partial charge in [-0.3, -0.25) is 0 Å². The van der Waals surface area contributed by atoms with Gasteiger partial charge in [-0.1, -0.05) is 35.0 Å². The van der Waals surface area contributed by atoms with Gasteiger partial charge in [0.2, 0.25) is 21.7 Å². The van der Waals surface area contributed by atoms with Crippen LogP contribution in [0, 0.1) is 0 Å². The molecule has 0 amide bonds. The van der Waals surface area contributed by atoms with Crippen LogP contribution < -0.4 is 0 Å². The highest BCUT2D eigenvalue weighted by molar-refractivity contribution is 7.89. The molecular formula is C22H22ClN3O3S. The van der Waals surface area contributed by atoms with Crippen molar-refractivity contribution in [2.45, 2.75) is 49.5 Å². The van der Waals surface area contributed by atoms with Gasteiger partial charge in [0.1, 0.15) is 6.04 Å². The summed E-state index contributed by atoms with van der Waals surface area (Å²) in [5.74, 6) is 0.731. The molecule has 1 aliphatic heterocycles. The number of aromatic nitrogens is 2. The average molecular weight is 444 g/mol. The van der Waals surface area contributed by atoms with E-state index in [9.17, 15) is 8.42 Å². The molecule has 1 atom stereocenters. The molecule has 0 bridgehead atoms. The number of nitrogens with zero attached hydrogens (tertiary/aromatic N) is 3. The molecule has 30 heavy (non-hydrogen) atoms. The Balaban J connectivity index is 1.45. The molecule has 1 unspecified atom stereocenters. The summed E-state index contributed by atoms with van der Waals surface area (Å²) < 4.78 is 33.9. The van der Waals surface area contributed by atoms with Crippen molar-refractivity contribution >= 4 is 21.6 Å². The fourth-order valence-corrected chi connectivity index (χ4v) is 6.29. The maximum absolute atomic E-state index is 13.4. The van der Waals surface area contributed by atoms with Crippen molar-refractivity contribution in [1.82, 2.24) is 14.4 Å². The Morgan fingerprint density at radius 1 is 1.03 bits per heavy atom. The van der Waals surface area contributed by atoms with Crippen LogP contribution in [0.3, 0.4) is 0 Å². The largest absolute Gasteiger partial charge is 0.337 e. The van der Waals surface area contributed by atoms with Crippen molar-refractivity contribution in [1.29, 1.82) is 0 Å². The average Bonchev–Trinajstić information content (AvgIpc) is 3.43. The molecule has 156 valence electrons. The molecule has 5 rings (SSSR count). The van der Waals surface area contributed by atoms with Gasteiger partial charge in [0.25, 0.3) is 0 Å². The Hall–Kier alpha value is -2.22. The van der Waals surface area contributed by atoms with Crippen LogP contribution in [0.5, 0.6) is 0 Å². The first-order chi connectivity index (χ1) is 14.5. The second-order valence-corrected chi connectivity index (χ2v) is 10.2. The first-order valence-electron chi connectivity index (χ1n) is 10.3. The third kappa shape index (κ3) is 3.55. The summed E-state index contributed by atoms with van der Waals surface area (Å²) in [7, 11) is -3.65. The van der Waals surface area contributed by atoms with E-state index in [1.54, 1.807) is 18.2 Å². The molecule has 1 aliphatic carbocycles. The van der Waals surface area contributed by atoms with Crippen LogP contribution >= 0.6 is 11.6 Å². The molecule has 2 heterocycles. The molecule has 2 aromatic carbocycles. The van der Waals surface area contributed by atoms with E-state index < -0.39 is 16.1 Å². The van der Waals surface area contributed by atoms with Gasteiger partial charge in [0, 0.05) is 17.1 Å². The zero-order chi connectivity index (χ0) is 20.7. The number of sulfonamides is 1. The lowest BCUT2D eigenvalue weighted by atomic mass is 9.92. The van der Waals surface area contributed by atoms with Crippen LogP contribution in [0.25, 0.3) is 11.4 Å². The van der Waals surface area contributed by atoms with Gasteiger partial charge in [-0.15, -0.1) is 0 Å². The second kappa shape index (κ2) is 7.80. The van der Waals surface area contributed by atoms with E-state index in [1.807, 2.05) is 24.3 Å². The third-order valence-corrected chi connectivity index (χ3v) is 8.08. The number of hydrogen-bond acceptors (Lipinski definition) is 5. The van der Waals surface area contributed by atoms with Gasteiger partial charge in [0.15, 0.2) is 0 Å². The van der Waals surface area contributed by atoms with Crippen LogP contribution in [0.1, 0.15) is 48.7 Å². The lowest BCUT2D eigenvalue weighted by molar-refractivity contribution is 0.290. The summed E-state index contributed by atoms with van der Waals surface area (Å²) >= 11 is 6.06. The molecule has 1 saturated heterocycles. The highest BCUT2D eigenvalue weighted by Crippen LogP contribution is 2.37. The molecule has 1 aromatic heterocycles. The standard InChI is InChI=1S/C22H22ClN3O3S/c23-18-8-3-7-17(13-18)21-24-22(29-25-21)20-9-4-12-26(20)30(27,28)19-11-10-15-5-1-2-6-16(15)14-19/h3,7-8,10-11,13-14,20H,1-2,4-6,9,12H2. The molecule has 2 aliphatic rings. The van der Waals surface area contributed by atoms with Gasteiger partial charge in [-0.05, 0) is 73.9 Å². The van der Waals surface area contributed by atoms with Gasteiger partial charge in [-0.2, -0.15) is 9.29 Å². The van der Waals surface area contributed by atoms with E-state index in [4.69, 9.17) is 16.1 Å². The topological polar surface area (TPSA) is 76.3 Å². The first kappa shape index (κ1) is 19.7. The molecule has 8 heteroatoms. The summed E-state index contributed by atoms with van der Waals surface area (Å²) in [6, 6.07) is 12.3. The van der Waals surface area contributed by atoms with Crippen LogP contribution in [0.4, 0.5) is 0 Å². The first-order valence-corrected chi connectivity index (χ1v) is 12.1. The monoisotopic (exact) mass is 443 g/mol. The Morgan fingerprint density at radius 3 is 2.70 bits per heavy atom. The minimum atomic E-state index is -3.65. The lowest BCUT2D eigenvalue weighted by Gasteiger charge is -2.23. The van der Waals surface area contributed by atoms with Crippen molar-refractivity contribution in [2.24, 2.45) is 0 Å². The fraction of sp³-hybridized carbons (Fsp3) is 0.364. The number of fused-ring (bicyclic) bond motifs is 1. The smallest absolute Gasteiger partial charge is 0.245 e. The van der Waals surface area contributed by atoms with Gasteiger partial charge < -0.3 is 4.52 Å². The molecule has 0 spiro atoms. The molecule has 1 fully saturated rings. The van der Waals surface area contributed by atoms with Crippen LogP contribution in [-0.4, -0.2) is 29.4 Å². The minimum Gasteiger partial charge on any atom is -0.337 e.